The number of amides is 2. The Bertz CT molecular complexity index is 1160. The zero-order valence-corrected chi connectivity index (χ0v) is 19.4. The lowest BCUT2D eigenvalue weighted by atomic mass is 10.0. The number of rotatable bonds is 7. The van der Waals surface area contributed by atoms with Gasteiger partial charge in [0.2, 0.25) is 0 Å². The molecule has 1 fully saturated rings. The summed E-state index contributed by atoms with van der Waals surface area (Å²) < 4.78 is 12.1. The third-order valence-electron chi connectivity index (χ3n) is 4.76. The highest BCUT2D eigenvalue weighted by molar-refractivity contribution is 8.01. The molecule has 0 spiro atoms. The fourth-order valence-corrected chi connectivity index (χ4v) is 6.83. The highest BCUT2D eigenvalue weighted by atomic mass is 32.2. The van der Waals surface area contributed by atoms with Crippen molar-refractivity contribution in [1.29, 1.82) is 0 Å². The smallest absolute Gasteiger partial charge is 0.352 e. The molecule has 2 aliphatic rings. The number of hydrogen-bond acceptors (Lipinski definition) is 8. The normalized spacial score (nSPS) is 19.8. The van der Waals surface area contributed by atoms with Crippen LogP contribution in [0.1, 0.15) is 4.88 Å². The molecule has 2 atom stereocenters. The third-order valence-corrected chi connectivity index (χ3v) is 8.78. The van der Waals surface area contributed by atoms with Gasteiger partial charge in [0, 0.05) is 28.5 Å². The molecule has 13 heteroatoms. The molecule has 32 heavy (non-hydrogen) atoms. The lowest BCUT2D eigenvalue weighted by Gasteiger charge is -2.49. The zero-order valence-electron chi connectivity index (χ0n) is 16.1. The minimum absolute atomic E-state index is 0.0274. The van der Waals surface area contributed by atoms with Crippen LogP contribution in [0.2, 0.25) is 0 Å². The van der Waals surface area contributed by atoms with E-state index in [9.17, 15) is 28.9 Å². The number of carbonyl (C=O) groups excluding carboxylic acids is 2. The van der Waals surface area contributed by atoms with Crippen molar-refractivity contribution in [1.82, 2.24) is 10.2 Å². The van der Waals surface area contributed by atoms with Gasteiger partial charge in [0.25, 0.3) is 11.8 Å². The number of nitrogens with zero attached hydrogens (tertiary/aromatic N) is 2. The van der Waals surface area contributed by atoms with Crippen molar-refractivity contribution in [3.63, 3.8) is 0 Å². The summed E-state index contributed by atoms with van der Waals surface area (Å²) in [6.45, 7) is 0. The van der Waals surface area contributed by atoms with Gasteiger partial charge >= 0.3 is 5.97 Å². The molecule has 2 aromatic rings. The first kappa shape index (κ1) is 22.6. The topological polar surface area (TPSA) is 131 Å². The highest BCUT2D eigenvalue weighted by Crippen LogP contribution is 2.41. The number of fused-ring (bicyclic) bond motifs is 1. The molecule has 0 aromatic carbocycles. The van der Waals surface area contributed by atoms with Gasteiger partial charge in [-0.05, 0) is 17.0 Å². The predicted molar refractivity (Wildman–Crippen MR) is 122 cm³/mol. The van der Waals surface area contributed by atoms with Gasteiger partial charge in [0.15, 0.2) is 12.4 Å². The van der Waals surface area contributed by atoms with E-state index in [0.29, 0.717) is 26.7 Å². The van der Waals surface area contributed by atoms with E-state index in [2.05, 4.69) is 5.32 Å². The van der Waals surface area contributed by atoms with E-state index in [1.165, 1.54) is 52.2 Å². The van der Waals surface area contributed by atoms with Gasteiger partial charge in [-0.1, -0.05) is 6.07 Å². The second-order valence-corrected chi connectivity index (χ2v) is 10.4. The average molecular weight is 510 g/mol. The number of aromatic nitrogens is 1. The first-order chi connectivity index (χ1) is 15.4. The van der Waals surface area contributed by atoms with E-state index >= 15 is 0 Å². The maximum absolute atomic E-state index is 12.8. The van der Waals surface area contributed by atoms with Crippen LogP contribution in [0.15, 0.2) is 58.2 Å². The molecule has 9 nitrogen and oxygen atoms in total. The number of hydrogen-bond donors (Lipinski definition) is 2. The van der Waals surface area contributed by atoms with Crippen LogP contribution in [0.3, 0.4) is 0 Å². The maximum Gasteiger partial charge on any atom is 0.352 e. The average Bonchev–Trinajstić information content (AvgIpc) is 3.31. The maximum atomic E-state index is 12.8. The van der Waals surface area contributed by atoms with Crippen molar-refractivity contribution >= 4 is 68.8 Å². The van der Waals surface area contributed by atoms with E-state index in [0.717, 1.165) is 4.90 Å². The molecule has 2 aromatic heterocycles. The summed E-state index contributed by atoms with van der Waals surface area (Å²) in [7, 11) is 0. The van der Waals surface area contributed by atoms with E-state index in [1.807, 2.05) is 0 Å². The van der Waals surface area contributed by atoms with E-state index in [1.54, 1.807) is 29.6 Å². The molecular weight excluding hydrogens is 494 g/mol. The molecule has 1 unspecified atom stereocenters. The van der Waals surface area contributed by atoms with Crippen molar-refractivity contribution < 1.29 is 28.4 Å². The van der Waals surface area contributed by atoms with Crippen LogP contribution in [0.5, 0.6) is 0 Å². The molecule has 2 amide bonds. The fourth-order valence-electron chi connectivity index (χ4n) is 3.27. The van der Waals surface area contributed by atoms with Crippen LogP contribution in [0.25, 0.3) is 0 Å². The van der Waals surface area contributed by atoms with Crippen LogP contribution in [-0.2, 0) is 25.6 Å². The number of carboxylic acid groups (broad SMARTS) is 1. The Morgan fingerprint density at radius 3 is 2.69 bits per heavy atom. The molecule has 4 heterocycles. The summed E-state index contributed by atoms with van der Waals surface area (Å²) in [5.41, 5.74) is 0.508. The predicted octanol–water partition coefficient (Wildman–Crippen LogP) is 0.646. The highest BCUT2D eigenvalue weighted by Gasteiger charge is 2.54. The zero-order chi connectivity index (χ0) is 22.8. The van der Waals surface area contributed by atoms with Gasteiger partial charge in [-0.3, -0.25) is 14.5 Å². The lowest BCUT2D eigenvalue weighted by molar-refractivity contribution is -0.605. The number of thiophene rings is 1. The Hall–Kier alpha value is -2.61. The number of carbonyl (C=O) groups is 3. The number of β-lactam (4-membered cyclic amide) rings is 1. The van der Waals surface area contributed by atoms with Crippen molar-refractivity contribution in [3.05, 3.63) is 63.4 Å². The van der Waals surface area contributed by atoms with Gasteiger partial charge < -0.3 is 15.6 Å². The second kappa shape index (κ2) is 9.48. The molecule has 0 saturated carbocycles. The Morgan fingerprint density at radius 1 is 1.31 bits per heavy atom. The molecule has 2 aliphatic heterocycles. The summed E-state index contributed by atoms with van der Waals surface area (Å²) in [5, 5.41) is 24.7. The summed E-state index contributed by atoms with van der Waals surface area (Å²) >= 11 is 4.03. The quantitative estimate of drug-likeness (QED) is 0.139. The summed E-state index contributed by atoms with van der Waals surface area (Å²) in [5.74, 6) is -1.66. The first-order valence-corrected chi connectivity index (χ1v) is 12.8. The first-order valence-electron chi connectivity index (χ1n) is 9.14. The van der Waals surface area contributed by atoms with Crippen molar-refractivity contribution in [2.45, 2.75) is 16.3 Å². The molecule has 0 bridgehead atoms. The van der Waals surface area contributed by atoms with Crippen LogP contribution in [0, 0.1) is 5.21 Å². The summed E-state index contributed by atoms with van der Waals surface area (Å²) in [6, 6.07) is 5.72. The van der Waals surface area contributed by atoms with Crippen LogP contribution >= 0.6 is 34.9 Å². The molecule has 0 aliphatic carbocycles. The Labute approximate surface area is 198 Å². The summed E-state index contributed by atoms with van der Waals surface area (Å²) in [6.07, 6.45) is 2.71. The van der Waals surface area contributed by atoms with E-state index in [-0.39, 0.29) is 21.8 Å². The van der Waals surface area contributed by atoms with Crippen molar-refractivity contribution in [3.8, 4) is 0 Å². The van der Waals surface area contributed by atoms with Crippen molar-refractivity contribution in [2.24, 2.45) is 0 Å². The molecule has 2 N–H and O–H groups in total. The molecule has 1 saturated heterocycles. The van der Waals surface area contributed by atoms with E-state index in [4.69, 9.17) is 0 Å². The Morgan fingerprint density at radius 2 is 2.06 bits per heavy atom. The van der Waals surface area contributed by atoms with Gasteiger partial charge in [0.1, 0.15) is 33.2 Å². The lowest BCUT2D eigenvalue weighted by Crippen LogP contribution is -2.71. The van der Waals surface area contributed by atoms with Gasteiger partial charge in [-0.25, -0.2) is 9.00 Å². The van der Waals surface area contributed by atoms with E-state index < -0.39 is 29.2 Å². The number of nitrogens with one attached hydrogen (secondary N) is 1. The number of aliphatic carboxylic acids is 1. The summed E-state index contributed by atoms with van der Waals surface area (Å²) in [4.78, 5) is 39.8. The molecule has 166 valence electrons. The van der Waals surface area contributed by atoms with Crippen LogP contribution in [-0.4, -0.2) is 59.8 Å². The standard InChI is InChI=1S/C19H15N3O6S4/c23-16(15(32-28)12-2-1-7-29-12)20-13-17(24)22-14(19(25)26)10(9-31-18(13)22)8-30-11-3-5-21(27)6-4-11/h1-7,13,18H,8-9H2,(H,20,23)(H,25,26)/t13?,18-/m1/s1. The Balaban J connectivity index is 1.48. The SMILES string of the molecule is O=S=C(C(=O)NC1C(=O)N2C(C(=O)O)=C(CSc3cc[n+]([O-])cc3)CS[C@H]12)c1cccs1. The second-order valence-electron chi connectivity index (χ2n) is 6.69. The number of thioether (sulfide) groups is 2. The van der Waals surface area contributed by atoms with Crippen molar-refractivity contribution in [2.75, 3.05) is 11.5 Å². The number of pyridine rings is 1. The minimum Gasteiger partial charge on any atom is -0.619 e. The third kappa shape index (κ3) is 4.33. The van der Waals surface area contributed by atoms with Gasteiger partial charge in [-0.2, -0.15) is 4.73 Å². The van der Waals surface area contributed by atoms with Crippen LogP contribution in [0.4, 0.5) is 0 Å². The molecule has 4 rings (SSSR count). The minimum atomic E-state index is -1.21. The molecule has 0 radical (unpaired) electrons. The molecular formula is C19H15N3O6S4. The van der Waals surface area contributed by atoms with Gasteiger partial charge in [0.05, 0.1) is 4.88 Å². The van der Waals surface area contributed by atoms with Gasteiger partial charge in [-0.15, -0.1) is 34.9 Å². The fraction of sp³-hybridized carbons (Fsp3) is 0.211. The Kier molecular flexibility index (Phi) is 6.69. The van der Waals surface area contributed by atoms with Crippen LogP contribution < -0.4 is 10.0 Å². The number of carboxylic acids is 1. The monoisotopic (exact) mass is 509 g/mol. The largest absolute Gasteiger partial charge is 0.619 e.